The number of allylic oxidation sites excluding steroid dienone is 1. The second-order valence-corrected chi connectivity index (χ2v) is 13.8. The van der Waals surface area contributed by atoms with Gasteiger partial charge in [0.2, 0.25) is 0 Å². The van der Waals surface area contributed by atoms with Crippen molar-refractivity contribution in [2.45, 2.75) is 71.2 Å². The van der Waals surface area contributed by atoms with E-state index in [2.05, 4.69) is 59.2 Å². The van der Waals surface area contributed by atoms with E-state index in [-0.39, 0.29) is 5.04 Å². The molecule has 0 aliphatic rings. The third kappa shape index (κ3) is 7.13. The summed E-state index contributed by atoms with van der Waals surface area (Å²) < 4.78 is 11.7. The zero-order chi connectivity index (χ0) is 21.4. The molecule has 0 aliphatic carbocycles. The lowest BCUT2D eigenvalue weighted by molar-refractivity contribution is 0.231. The summed E-state index contributed by atoms with van der Waals surface area (Å²) in [5.74, 6) is 7.33. The van der Waals surface area contributed by atoms with Crippen molar-refractivity contribution in [1.82, 2.24) is 0 Å². The van der Waals surface area contributed by atoms with Crippen molar-refractivity contribution in [3.05, 3.63) is 42.0 Å². The first kappa shape index (κ1) is 24.5. The first-order valence-electron chi connectivity index (χ1n) is 10.1. The Balaban J connectivity index is 2.63. The minimum atomic E-state index is -1.70. The van der Waals surface area contributed by atoms with E-state index in [1.54, 1.807) is 7.11 Å². The van der Waals surface area contributed by atoms with E-state index in [1.165, 1.54) is 0 Å². The van der Waals surface area contributed by atoms with E-state index < -0.39 is 14.4 Å². The number of hydrogen-bond donors (Lipinski definition) is 1. The maximum Gasteiger partial charge on any atom is 0.191 e. The van der Waals surface area contributed by atoms with E-state index in [1.807, 2.05) is 24.3 Å². The molecule has 0 bridgehead atoms. The van der Waals surface area contributed by atoms with Crippen molar-refractivity contribution in [3.63, 3.8) is 0 Å². The van der Waals surface area contributed by atoms with E-state index >= 15 is 0 Å². The Kier molecular flexibility index (Phi) is 9.49. The van der Waals surface area contributed by atoms with Crippen LogP contribution in [0.2, 0.25) is 18.1 Å². The molecule has 156 valence electrons. The number of rotatable bonds is 9. The summed E-state index contributed by atoms with van der Waals surface area (Å²) in [4.78, 5) is 0. The van der Waals surface area contributed by atoms with Gasteiger partial charge in [0.1, 0.15) is 11.9 Å². The Labute approximate surface area is 173 Å². The van der Waals surface area contributed by atoms with E-state index in [9.17, 15) is 5.11 Å². The van der Waals surface area contributed by atoms with Gasteiger partial charge in [-0.2, -0.15) is 0 Å². The Morgan fingerprint density at radius 3 is 2.54 bits per heavy atom. The monoisotopic (exact) mass is 402 g/mol. The minimum Gasteiger partial charge on any atom is -0.496 e. The normalized spacial score (nSPS) is 14.0. The molecule has 1 aromatic rings. The smallest absolute Gasteiger partial charge is 0.191 e. The predicted octanol–water partition coefficient (Wildman–Crippen LogP) is 5.90. The second kappa shape index (κ2) is 10.9. The molecular weight excluding hydrogens is 364 g/mol. The van der Waals surface area contributed by atoms with Crippen molar-refractivity contribution in [3.8, 4) is 17.6 Å². The Morgan fingerprint density at radius 1 is 1.29 bits per heavy atom. The van der Waals surface area contributed by atoms with Crippen molar-refractivity contribution >= 4 is 8.32 Å². The lowest BCUT2D eigenvalue weighted by atomic mass is 9.98. The van der Waals surface area contributed by atoms with Crippen molar-refractivity contribution in [2.75, 3.05) is 13.7 Å². The maximum atomic E-state index is 10.5. The standard InChI is InChI=1S/C24H38O3Si/c1-9-13-21-20(15-12-17-23(21)26-6)22(25)16-11-10-14-19(2)18-27-28(7,8)24(3,4)5/h9,12,15,17,19,22,25H,1,10,13-14,18H2,2-8H3/t19-,22+/m1/s1. The fraction of sp³-hybridized carbons (Fsp3) is 0.583. The van der Waals surface area contributed by atoms with Crippen LogP contribution >= 0.6 is 0 Å². The van der Waals surface area contributed by atoms with Crippen LogP contribution in [0.5, 0.6) is 5.75 Å². The van der Waals surface area contributed by atoms with Crippen LogP contribution in [0.15, 0.2) is 30.9 Å². The van der Waals surface area contributed by atoms with Crippen LogP contribution in [0.1, 0.15) is 57.8 Å². The zero-order valence-electron chi connectivity index (χ0n) is 18.8. The minimum absolute atomic E-state index is 0.233. The molecule has 2 atom stereocenters. The Hall–Kier alpha value is -1.54. The van der Waals surface area contributed by atoms with Gasteiger partial charge in [0.15, 0.2) is 8.32 Å². The van der Waals surface area contributed by atoms with Crippen LogP contribution in [0.4, 0.5) is 0 Å². The van der Waals surface area contributed by atoms with Crippen molar-refractivity contribution in [2.24, 2.45) is 5.92 Å². The van der Waals surface area contributed by atoms with Crippen LogP contribution in [-0.2, 0) is 10.8 Å². The highest BCUT2D eigenvalue weighted by atomic mass is 28.4. The largest absolute Gasteiger partial charge is 0.496 e. The molecule has 0 radical (unpaired) electrons. The molecule has 4 heteroatoms. The molecule has 1 aromatic carbocycles. The summed E-state index contributed by atoms with van der Waals surface area (Å²) in [6.45, 7) is 18.1. The van der Waals surface area contributed by atoms with Gasteiger partial charge in [0.25, 0.3) is 0 Å². The molecule has 0 aliphatic heterocycles. The molecule has 1 N–H and O–H groups in total. The molecule has 0 spiro atoms. The van der Waals surface area contributed by atoms with Crippen LogP contribution in [0, 0.1) is 17.8 Å². The lowest BCUT2D eigenvalue weighted by Crippen LogP contribution is -2.41. The van der Waals surface area contributed by atoms with Crippen molar-refractivity contribution < 1.29 is 14.3 Å². The summed E-state index contributed by atoms with van der Waals surface area (Å²) in [6, 6.07) is 5.68. The molecule has 0 saturated carbocycles. The van der Waals surface area contributed by atoms with Crippen LogP contribution in [-0.4, -0.2) is 27.1 Å². The number of benzene rings is 1. The fourth-order valence-electron chi connectivity index (χ4n) is 2.61. The van der Waals surface area contributed by atoms with Gasteiger partial charge >= 0.3 is 0 Å². The number of ether oxygens (including phenoxy) is 1. The van der Waals surface area contributed by atoms with Crippen LogP contribution < -0.4 is 4.74 Å². The molecule has 1 rings (SSSR count). The third-order valence-electron chi connectivity index (χ3n) is 5.57. The molecule has 0 heterocycles. The fourth-order valence-corrected chi connectivity index (χ4v) is 3.74. The molecule has 0 unspecified atom stereocenters. The van der Waals surface area contributed by atoms with Gasteiger partial charge < -0.3 is 14.3 Å². The van der Waals surface area contributed by atoms with Gasteiger partial charge in [-0.15, -0.1) is 12.5 Å². The van der Waals surface area contributed by atoms with Crippen LogP contribution in [0.25, 0.3) is 0 Å². The average Bonchev–Trinajstić information content (AvgIpc) is 2.63. The first-order valence-corrected chi connectivity index (χ1v) is 13.0. The quantitative estimate of drug-likeness (QED) is 0.317. The predicted molar refractivity (Wildman–Crippen MR) is 121 cm³/mol. The summed E-state index contributed by atoms with van der Waals surface area (Å²) in [7, 11) is -0.0606. The summed E-state index contributed by atoms with van der Waals surface area (Å²) in [5.41, 5.74) is 1.74. The first-order chi connectivity index (χ1) is 13.0. The van der Waals surface area contributed by atoms with E-state index in [0.29, 0.717) is 12.3 Å². The summed E-state index contributed by atoms with van der Waals surface area (Å²) in [5, 5.41) is 10.8. The Bertz CT molecular complexity index is 692. The number of methoxy groups -OCH3 is 1. The molecule has 3 nitrogen and oxygen atoms in total. The number of hydrogen-bond acceptors (Lipinski definition) is 3. The maximum absolute atomic E-state index is 10.5. The summed E-state index contributed by atoms with van der Waals surface area (Å²) in [6.07, 6.45) is 3.35. The van der Waals surface area contributed by atoms with Gasteiger partial charge in [-0.3, -0.25) is 0 Å². The molecule has 0 aromatic heterocycles. The molecule has 0 amide bonds. The molecular formula is C24H38O3Si. The highest BCUT2D eigenvalue weighted by Crippen LogP contribution is 2.36. The van der Waals surface area contributed by atoms with Gasteiger partial charge in [-0.05, 0) is 48.5 Å². The third-order valence-corrected chi connectivity index (χ3v) is 10.1. The average molecular weight is 403 g/mol. The van der Waals surface area contributed by atoms with Crippen molar-refractivity contribution in [1.29, 1.82) is 0 Å². The van der Waals surface area contributed by atoms with E-state index in [0.717, 1.165) is 36.3 Å². The Morgan fingerprint density at radius 2 is 1.96 bits per heavy atom. The van der Waals surface area contributed by atoms with Gasteiger partial charge in [0.05, 0.1) is 7.11 Å². The molecule has 0 fully saturated rings. The summed E-state index contributed by atoms with van der Waals surface area (Å²) >= 11 is 0. The van der Waals surface area contributed by atoms with Gasteiger partial charge in [0, 0.05) is 18.6 Å². The highest BCUT2D eigenvalue weighted by molar-refractivity contribution is 6.74. The zero-order valence-corrected chi connectivity index (χ0v) is 19.8. The number of aliphatic hydroxyl groups is 1. The number of aliphatic hydroxyl groups excluding tert-OH is 1. The SMILES string of the molecule is C=CCc1c(OC)cccc1[C@@H](O)C#CCC[C@@H](C)CO[Si](C)(C)C(C)(C)C. The molecule has 28 heavy (non-hydrogen) atoms. The highest BCUT2D eigenvalue weighted by Gasteiger charge is 2.37. The molecule has 0 saturated heterocycles. The second-order valence-electron chi connectivity index (χ2n) is 8.96. The van der Waals surface area contributed by atoms with Gasteiger partial charge in [-0.25, -0.2) is 0 Å². The van der Waals surface area contributed by atoms with Gasteiger partial charge in [-0.1, -0.05) is 51.8 Å². The topological polar surface area (TPSA) is 38.7 Å². The van der Waals surface area contributed by atoms with Crippen LogP contribution in [0.3, 0.4) is 0 Å². The lowest BCUT2D eigenvalue weighted by Gasteiger charge is -2.37. The van der Waals surface area contributed by atoms with E-state index in [4.69, 9.17) is 9.16 Å².